The maximum Gasteiger partial charge on any atom is 0.190 e. The van der Waals surface area contributed by atoms with E-state index < -0.39 is 0 Å². The van der Waals surface area contributed by atoms with Crippen LogP contribution in [0.25, 0.3) is 0 Å². The summed E-state index contributed by atoms with van der Waals surface area (Å²) in [5, 5.41) is 9.01. The molecule has 0 aliphatic heterocycles. The van der Waals surface area contributed by atoms with Crippen molar-refractivity contribution in [2.45, 2.75) is 37.3 Å². The second-order valence-electron chi connectivity index (χ2n) is 4.04. The standard InChI is InChI=1S/C10H17N3S/c1-13-8-11-12-10(13)14-7-9-5-3-2-4-6-9/h8-9H,2-7H2,1H3. The van der Waals surface area contributed by atoms with E-state index in [2.05, 4.69) is 10.2 Å². The lowest BCUT2D eigenvalue weighted by atomic mass is 9.91. The van der Waals surface area contributed by atoms with Crippen LogP contribution in [0.2, 0.25) is 0 Å². The maximum atomic E-state index is 4.08. The number of nitrogens with zero attached hydrogens (tertiary/aromatic N) is 3. The Balaban J connectivity index is 1.79. The van der Waals surface area contributed by atoms with Gasteiger partial charge in [0.2, 0.25) is 0 Å². The summed E-state index contributed by atoms with van der Waals surface area (Å²) in [7, 11) is 2.00. The Morgan fingerprint density at radius 2 is 2.21 bits per heavy atom. The third-order valence-electron chi connectivity index (χ3n) is 2.84. The zero-order valence-corrected chi connectivity index (χ0v) is 9.46. The number of aryl methyl sites for hydroxylation is 1. The van der Waals surface area contributed by atoms with Crippen molar-refractivity contribution in [3.63, 3.8) is 0 Å². The molecule has 14 heavy (non-hydrogen) atoms. The molecule has 1 aromatic rings. The summed E-state index contributed by atoms with van der Waals surface area (Å²) in [6.07, 6.45) is 8.86. The molecule has 0 N–H and O–H groups in total. The lowest BCUT2D eigenvalue weighted by Crippen LogP contribution is -2.09. The molecule has 0 aromatic carbocycles. The lowest BCUT2D eigenvalue weighted by molar-refractivity contribution is 0.390. The van der Waals surface area contributed by atoms with E-state index in [-0.39, 0.29) is 0 Å². The van der Waals surface area contributed by atoms with E-state index in [0.29, 0.717) is 0 Å². The first-order valence-corrected chi connectivity index (χ1v) is 6.31. The van der Waals surface area contributed by atoms with Gasteiger partial charge in [-0.2, -0.15) is 0 Å². The van der Waals surface area contributed by atoms with Crippen molar-refractivity contribution in [2.75, 3.05) is 5.75 Å². The summed E-state index contributed by atoms with van der Waals surface area (Å²) in [5.41, 5.74) is 0. The molecular weight excluding hydrogens is 194 g/mol. The topological polar surface area (TPSA) is 30.7 Å². The number of hydrogen-bond donors (Lipinski definition) is 0. The van der Waals surface area contributed by atoms with E-state index in [1.807, 2.05) is 23.4 Å². The van der Waals surface area contributed by atoms with Gasteiger partial charge in [-0.3, -0.25) is 0 Å². The third kappa shape index (κ3) is 2.50. The van der Waals surface area contributed by atoms with E-state index >= 15 is 0 Å². The monoisotopic (exact) mass is 211 g/mol. The van der Waals surface area contributed by atoms with Crippen LogP contribution in [-0.2, 0) is 7.05 Å². The molecule has 1 fully saturated rings. The summed E-state index contributed by atoms with van der Waals surface area (Å²) < 4.78 is 1.99. The smallest absolute Gasteiger partial charge is 0.190 e. The fourth-order valence-corrected chi connectivity index (χ4v) is 3.02. The van der Waals surface area contributed by atoms with Crippen LogP contribution in [-0.4, -0.2) is 20.5 Å². The third-order valence-corrected chi connectivity index (χ3v) is 4.11. The van der Waals surface area contributed by atoms with Crippen molar-refractivity contribution >= 4 is 11.8 Å². The summed E-state index contributed by atoms with van der Waals surface area (Å²) in [6.45, 7) is 0. The maximum absolute atomic E-state index is 4.08. The number of rotatable bonds is 3. The molecule has 0 saturated heterocycles. The van der Waals surface area contributed by atoms with Crippen LogP contribution in [0.3, 0.4) is 0 Å². The van der Waals surface area contributed by atoms with Crippen molar-refractivity contribution in [3.05, 3.63) is 6.33 Å². The molecule has 0 unspecified atom stereocenters. The molecule has 3 nitrogen and oxygen atoms in total. The first-order valence-electron chi connectivity index (χ1n) is 5.33. The Bertz CT molecular complexity index is 279. The first-order chi connectivity index (χ1) is 6.86. The molecule has 0 bridgehead atoms. The molecule has 1 aliphatic carbocycles. The Hall–Kier alpha value is -0.510. The molecule has 0 spiro atoms. The molecule has 0 radical (unpaired) electrons. The van der Waals surface area contributed by atoms with Crippen LogP contribution < -0.4 is 0 Å². The highest BCUT2D eigenvalue weighted by Crippen LogP contribution is 2.28. The number of thioether (sulfide) groups is 1. The van der Waals surface area contributed by atoms with Gasteiger partial charge in [0.25, 0.3) is 0 Å². The summed E-state index contributed by atoms with van der Waals surface area (Å²) in [5.74, 6) is 2.12. The fourth-order valence-electron chi connectivity index (χ4n) is 1.95. The van der Waals surface area contributed by atoms with Gasteiger partial charge in [0.05, 0.1) is 0 Å². The predicted octanol–water partition coefficient (Wildman–Crippen LogP) is 2.49. The highest BCUT2D eigenvalue weighted by molar-refractivity contribution is 7.99. The Kier molecular flexibility index (Phi) is 3.45. The zero-order valence-electron chi connectivity index (χ0n) is 8.65. The van der Waals surface area contributed by atoms with Gasteiger partial charge in [0.1, 0.15) is 6.33 Å². The van der Waals surface area contributed by atoms with E-state index in [4.69, 9.17) is 0 Å². The van der Waals surface area contributed by atoms with Crippen molar-refractivity contribution in [1.29, 1.82) is 0 Å². The average molecular weight is 211 g/mol. The minimum absolute atomic E-state index is 0.908. The fraction of sp³-hybridized carbons (Fsp3) is 0.800. The van der Waals surface area contributed by atoms with Crippen LogP contribution in [0.4, 0.5) is 0 Å². The van der Waals surface area contributed by atoms with Crippen LogP contribution >= 0.6 is 11.8 Å². The van der Waals surface area contributed by atoms with Gasteiger partial charge in [0, 0.05) is 12.8 Å². The molecule has 78 valence electrons. The van der Waals surface area contributed by atoms with E-state index in [9.17, 15) is 0 Å². The largest absolute Gasteiger partial charge is 0.312 e. The van der Waals surface area contributed by atoms with Gasteiger partial charge >= 0.3 is 0 Å². The first kappa shape index (κ1) is 10.0. The summed E-state index contributed by atoms with van der Waals surface area (Å²) >= 11 is 1.85. The van der Waals surface area contributed by atoms with E-state index in [0.717, 1.165) is 11.1 Å². The van der Waals surface area contributed by atoms with Gasteiger partial charge in [-0.05, 0) is 18.8 Å². The quantitative estimate of drug-likeness (QED) is 0.720. The SMILES string of the molecule is Cn1cnnc1SCC1CCCCC1. The molecule has 1 aromatic heterocycles. The van der Waals surface area contributed by atoms with Crippen LogP contribution in [0.15, 0.2) is 11.5 Å². The van der Waals surface area contributed by atoms with E-state index in [1.54, 1.807) is 6.33 Å². The predicted molar refractivity (Wildman–Crippen MR) is 58.3 cm³/mol. The van der Waals surface area contributed by atoms with Crippen LogP contribution in [0.1, 0.15) is 32.1 Å². The van der Waals surface area contributed by atoms with Gasteiger partial charge in [-0.15, -0.1) is 10.2 Å². The molecule has 0 amide bonds. The second-order valence-corrected chi connectivity index (χ2v) is 5.03. The van der Waals surface area contributed by atoms with Crippen molar-refractivity contribution in [2.24, 2.45) is 13.0 Å². The second kappa shape index (κ2) is 4.82. The highest BCUT2D eigenvalue weighted by atomic mass is 32.2. The van der Waals surface area contributed by atoms with Crippen molar-refractivity contribution < 1.29 is 0 Å². The molecule has 1 heterocycles. The minimum atomic E-state index is 0.908. The van der Waals surface area contributed by atoms with Crippen molar-refractivity contribution in [1.82, 2.24) is 14.8 Å². The van der Waals surface area contributed by atoms with E-state index in [1.165, 1.54) is 37.9 Å². The minimum Gasteiger partial charge on any atom is -0.312 e. The molecular formula is C10H17N3S. The molecule has 1 aliphatic rings. The Morgan fingerprint density at radius 3 is 2.86 bits per heavy atom. The lowest BCUT2D eigenvalue weighted by Gasteiger charge is -2.20. The van der Waals surface area contributed by atoms with Gasteiger partial charge < -0.3 is 4.57 Å². The van der Waals surface area contributed by atoms with Crippen LogP contribution in [0.5, 0.6) is 0 Å². The highest BCUT2D eigenvalue weighted by Gasteiger charge is 2.14. The number of hydrogen-bond acceptors (Lipinski definition) is 3. The van der Waals surface area contributed by atoms with Gasteiger partial charge in [-0.1, -0.05) is 31.0 Å². The van der Waals surface area contributed by atoms with Gasteiger partial charge in [0.15, 0.2) is 5.16 Å². The molecule has 4 heteroatoms. The Morgan fingerprint density at radius 1 is 1.43 bits per heavy atom. The summed E-state index contributed by atoms with van der Waals surface area (Å²) in [4.78, 5) is 0. The van der Waals surface area contributed by atoms with Crippen LogP contribution in [0, 0.1) is 5.92 Å². The number of aromatic nitrogens is 3. The zero-order chi connectivity index (χ0) is 9.80. The van der Waals surface area contributed by atoms with Gasteiger partial charge in [-0.25, -0.2) is 0 Å². The average Bonchev–Trinajstić information content (AvgIpc) is 2.63. The molecule has 2 rings (SSSR count). The molecule has 1 saturated carbocycles. The molecule has 0 atom stereocenters. The Labute approximate surface area is 89.3 Å². The van der Waals surface area contributed by atoms with Crippen molar-refractivity contribution in [3.8, 4) is 0 Å². The normalized spacial score (nSPS) is 18.6. The summed E-state index contributed by atoms with van der Waals surface area (Å²) in [6, 6.07) is 0.